The quantitative estimate of drug-likeness (QED) is 0.567. The normalized spacial score (nSPS) is 36.7. The Balaban J connectivity index is 2.12. The zero-order valence-corrected chi connectivity index (χ0v) is 12.6. The van der Waals surface area contributed by atoms with Crippen molar-refractivity contribution < 1.29 is 14.3 Å². The van der Waals surface area contributed by atoms with Gasteiger partial charge in [-0.1, -0.05) is 18.6 Å². The molecule has 1 saturated heterocycles. The molecule has 0 radical (unpaired) electrons. The van der Waals surface area contributed by atoms with Crippen LogP contribution < -0.4 is 0 Å². The summed E-state index contributed by atoms with van der Waals surface area (Å²) in [5, 5.41) is 0. The average molecular weight is 266 g/mol. The van der Waals surface area contributed by atoms with Crippen LogP contribution in [0.1, 0.15) is 52.9 Å². The molecule has 19 heavy (non-hydrogen) atoms. The van der Waals surface area contributed by atoms with Crippen molar-refractivity contribution in [3.05, 3.63) is 11.6 Å². The number of carbonyl (C=O) groups excluding carboxylic acids is 1. The standard InChI is InChI=1S/C16H26O3/c1-11-6-5-9-16(10-11)12(2)7-8-14(19-16)13(3)15(17)18-4/h6,12-14H,5,7-10H2,1-4H3/t12-,13+,14-,16?/m1/s1. The van der Waals surface area contributed by atoms with E-state index in [1.807, 2.05) is 6.92 Å². The fraction of sp³-hybridized carbons (Fsp3) is 0.812. The van der Waals surface area contributed by atoms with Crippen LogP contribution in [0.5, 0.6) is 0 Å². The zero-order valence-electron chi connectivity index (χ0n) is 12.6. The lowest BCUT2D eigenvalue weighted by atomic mass is 9.71. The first kappa shape index (κ1) is 14.6. The van der Waals surface area contributed by atoms with E-state index in [0.29, 0.717) is 5.92 Å². The second-order valence-corrected chi connectivity index (χ2v) is 6.28. The molecule has 0 bridgehead atoms. The van der Waals surface area contributed by atoms with Gasteiger partial charge in [-0.3, -0.25) is 4.79 Å². The Morgan fingerprint density at radius 3 is 2.89 bits per heavy atom. The summed E-state index contributed by atoms with van der Waals surface area (Å²) in [5.74, 6) is 0.246. The van der Waals surface area contributed by atoms with E-state index in [1.165, 1.54) is 12.7 Å². The summed E-state index contributed by atoms with van der Waals surface area (Å²) >= 11 is 0. The van der Waals surface area contributed by atoms with Gasteiger partial charge in [0.15, 0.2) is 0 Å². The van der Waals surface area contributed by atoms with E-state index in [2.05, 4.69) is 19.9 Å². The third-order valence-electron chi connectivity index (χ3n) is 4.94. The molecule has 108 valence electrons. The fourth-order valence-electron chi connectivity index (χ4n) is 3.56. The average Bonchev–Trinajstić information content (AvgIpc) is 2.40. The highest BCUT2D eigenvalue weighted by atomic mass is 16.5. The Labute approximate surface area is 116 Å². The van der Waals surface area contributed by atoms with Crippen LogP contribution in [0.15, 0.2) is 11.6 Å². The van der Waals surface area contributed by atoms with Crippen LogP contribution in [0.2, 0.25) is 0 Å². The minimum atomic E-state index is -0.166. The van der Waals surface area contributed by atoms with Crippen molar-refractivity contribution >= 4 is 5.97 Å². The molecule has 0 N–H and O–H groups in total. The number of allylic oxidation sites excluding steroid dienone is 1. The molecule has 2 aliphatic rings. The van der Waals surface area contributed by atoms with Crippen LogP contribution in [-0.4, -0.2) is 24.8 Å². The lowest BCUT2D eigenvalue weighted by Gasteiger charge is -2.48. The van der Waals surface area contributed by atoms with Crippen molar-refractivity contribution in [1.29, 1.82) is 0 Å². The molecule has 1 unspecified atom stereocenters. The van der Waals surface area contributed by atoms with E-state index in [1.54, 1.807) is 0 Å². The van der Waals surface area contributed by atoms with E-state index in [4.69, 9.17) is 9.47 Å². The molecule has 1 aliphatic heterocycles. The Hall–Kier alpha value is -0.830. The van der Waals surface area contributed by atoms with Gasteiger partial charge in [0.05, 0.1) is 24.7 Å². The second-order valence-electron chi connectivity index (χ2n) is 6.28. The third-order valence-corrected chi connectivity index (χ3v) is 4.94. The number of rotatable bonds is 2. The van der Waals surface area contributed by atoms with Crippen molar-refractivity contribution in [1.82, 2.24) is 0 Å². The van der Waals surface area contributed by atoms with Crippen molar-refractivity contribution in [3.63, 3.8) is 0 Å². The third kappa shape index (κ3) is 2.86. The number of hydrogen-bond acceptors (Lipinski definition) is 3. The number of carbonyl (C=O) groups is 1. The molecule has 0 aromatic heterocycles. The fourth-order valence-corrected chi connectivity index (χ4v) is 3.56. The largest absolute Gasteiger partial charge is 0.469 e. The maximum atomic E-state index is 11.7. The van der Waals surface area contributed by atoms with Gasteiger partial charge in [-0.2, -0.15) is 0 Å². The summed E-state index contributed by atoms with van der Waals surface area (Å²) in [6.07, 6.45) is 7.61. The van der Waals surface area contributed by atoms with Gasteiger partial charge >= 0.3 is 5.97 Å². The Morgan fingerprint density at radius 2 is 2.26 bits per heavy atom. The van der Waals surface area contributed by atoms with Crippen LogP contribution in [-0.2, 0) is 14.3 Å². The predicted molar refractivity (Wildman–Crippen MR) is 74.8 cm³/mol. The lowest BCUT2D eigenvalue weighted by molar-refractivity contribution is -0.188. The highest BCUT2D eigenvalue weighted by Crippen LogP contribution is 2.45. The minimum absolute atomic E-state index is 0.00884. The Kier molecular flexibility index (Phi) is 4.34. The first-order chi connectivity index (χ1) is 8.98. The van der Waals surface area contributed by atoms with Crippen LogP contribution in [0.25, 0.3) is 0 Å². The molecule has 0 aromatic carbocycles. The topological polar surface area (TPSA) is 35.5 Å². The summed E-state index contributed by atoms with van der Waals surface area (Å²) in [7, 11) is 1.45. The SMILES string of the molecule is COC(=O)[C@@H](C)[C@H]1CC[C@@H](C)C2(CCC=C(C)C2)O1. The van der Waals surface area contributed by atoms with Crippen LogP contribution in [0.4, 0.5) is 0 Å². The van der Waals surface area contributed by atoms with Gasteiger partial charge in [0, 0.05) is 0 Å². The first-order valence-electron chi connectivity index (χ1n) is 7.40. The van der Waals surface area contributed by atoms with Crippen molar-refractivity contribution in [2.75, 3.05) is 7.11 Å². The van der Waals surface area contributed by atoms with Crippen LogP contribution in [0.3, 0.4) is 0 Å². The van der Waals surface area contributed by atoms with E-state index in [9.17, 15) is 4.79 Å². The van der Waals surface area contributed by atoms with Gasteiger partial charge in [0.1, 0.15) is 0 Å². The van der Waals surface area contributed by atoms with Crippen molar-refractivity contribution in [2.45, 2.75) is 64.6 Å². The van der Waals surface area contributed by atoms with Gasteiger partial charge in [-0.15, -0.1) is 0 Å². The molecule has 0 aromatic rings. The molecule has 3 heteroatoms. The van der Waals surface area contributed by atoms with Gasteiger partial charge in [-0.05, 0) is 51.9 Å². The van der Waals surface area contributed by atoms with Crippen LogP contribution >= 0.6 is 0 Å². The summed E-state index contributed by atoms with van der Waals surface area (Å²) in [6.45, 7) is 6.40. The summed E-state index contributed by atoms with van der Waals surface area (Å²) in [4.78, 5) is 11.7. The van der Waals surface area contributed by atoms with E-state index >= 15 is 0 Å². The van der Waals surface area contributed by atoms with Crippen LogP contribution in [0, 0.1) is 11.8 Å². The first-order valence-corrected chi connectivity index (χ1v) is 7.40. The zero-order chi connectivity index (χ0) is 14.0. The molecule has 0 saturated carbocycles. The number of ether oxygens (including phenoxy) is 2. The summed E-state index contributed by atoms with van der Waals surface area (Å²) < 4.78 is 11.3. The molecule has 1 aliphatic carbocycles. The second kappa shape index (κ2) is 5.66. The number of methoxy groups -OCH3 is 1. The Bertz CT molecular complexity index is 374. The van der Waals surface area contributed by atoms with Gasteiger partial charge in [-0.25, -0.2) is 0 Å². The monoisotopic (exact) mass is 266 g/mol. The van der Waals surface area contributed by atoms with Crippen molar-refractivity contribution in [2.24, 2.45) is 11.8 Å². The predicted octanol–water partition coefficient (Wildman–Crippen LogP) is 3.48. The van der Waals surface area contributed by atoms with E-state index < -0.39 is 0 Å². The molecular weight excluding hydrogens is 240 g/mol. The number of esters is 1. The van der Waals surface area contributed by atoms with Gasteiger partial charge in [0.25, 0.3) is 0 Å². The van der Waals surface area contributed by atoms with E-state index in [0.717, 1.165) is 32.1 Å². The van der Waals surface area contributed by atoms with Gasteiger partial charge < -0.3 is 9.47 Å². The molecule has 3 nitrogen and oxygen atoms in total. The molecule has 0 amide bonds. The molecule has 4 atom stereocenters. The minimum Gasteiger partial charge on any atom is -0.469 e. The molecule has 1 heterocycles. The summed E-state index contributed by atoms with van der Waals surface area (Å²) in [5.41, 5.74) is 1.37. The highest BCUT2D eigenvalue weighted by Gasteiger charge is 2.45. The smallest absolute Gasteiger partial charge is 0.311 e. The molecule has 1 fully saturated rings. The lowest BCUT2D eigenvalue weighted by Crippen LogP contribution is -2.50. The summed E-state index contributed by atoms with van der Waals surface area (Å²) in [6, 6.07) is 0. The Morgan fingerprint density at radius 1 is 1.53 bits per heavy atom. The van der Waals surface area contributed by atoms with Gasteiger partial charge in [0.2, 0.25) is 0 Å². The van der Waals surface area contributed by atoms with E-state index in [-0.39, 0.29) is 23.6 Å². The molecule has 2 rings (SSSR count). The molecule has 1 spiro atoms. The maximum Gasteiger partial charge on any atom is 0.311 e. The molecular formula is C16H26O3. The highest BCUT2D eigenvalue weighted by molar-refractivity contribution is 5.72. The number of hydrogen-bond donors (Lipinski definition) is 0. The van der Waals surface area contributed by atoms with Crippen molar-refractivity contribution in [3.8, 4) is 0 Å². The maximum absolute atomic E-state index is 11.7.